The summed E-state index contributed by atoms with van der Waals surface area (Å²) in [5.41, 5.74) is 1.64. The number of rotatable bonds is 6. The van der Waals surface area contributed by atoms with Gasteiger partial charge in [0.05, 0.1) is 37.3 Å². The third-order valence-electron chi connectivity index (χ3n) is 4.62. The van der Waals surface area contributed by atoms with Crippen LogP contribution in [0.15, 0.2) is 35.5 Å². The Morgan fingerprint density at radius 1 is 1.40 bits per heavy atom. The van der Waals surface area contributed by atoms with Gasteiger partial charge in [-0.15, -0.1) is 0 Å². The molecule has 0 atom stereocenters. The molecular formula is C18H19N3O4. The van der Waals surface area contributed by atoms with Crippen LogP contribution in [0.4, 0.5) is 5.69 Å². The summed E-state index contributed by atoms with van der Waals surface area (Å²) in [5.74, 6) is -0.927. The van der Waals surface area contributed by atoms with Crippen LogP contribution in [-0.4, -0.2) is 48.7 Å². The van der Waals surface area contributed by atoms with Gasteiger partial charge in [0, 0.05) is 12.2 Å². The average Bonchev–Trinajstić information content (AvgIpc) is 3.38. The number of methoxy groups -OCH3 is 1. The monoisotopic (exact) mass is 341 g/mol. The van der Waals surface area contributed by atoms with Gasteiger partial charge in [-0.1, -0.05) is 12.1 Å². The van der Waals surface area contributed by atoms with Gasteiger partial charge in [0.2, 0.25) is 0 Å². The smallest absolute Gasteiger partial charge is 0.337 e. The number of nitriles is 1. The second-order valence-electron chi connectivity index (χ2n) is 6.19. The van der Waals surface area contributed by atoms with Crippen LogP contribution in [0.5, 0.6) is 0 Å². The van der Waals surface area contributed by atoms with Crippen LogP contribution in [-0.2, 0) is 19.7 Å². The van der Waals surface area contributed by atoms with Crippen LogP contribution in [0.3, 0.4) is 0 Å². The highest BCUT2D eigenvalue weighted by molar-refractivity contribution is 6.08. The topological polar surface area (TPSA) is 103 Å². The molecule has 1 aliphatic heterocycles. The van der Waals surface area contributed by atoms with E-state index >= 15 is 0 Å². The normalized spacial score (nSPS) is 18.1. The first kappa shape index (κ1) is 17.0. The third-order valence-corrected chi connectivity index (χ3v) is 4.62. The van der Waals surface area contributed by atoms with Crippen molar-refractivity contribution in [3.05, 3.63) is 41.1 Å². The Labute approximate surface area is 145 Å². The number of carbonyl (C=O) groups excluding carboxylic acids is 2. The lowest BCUT2D eigenvalue weighted by atomic mass is 9.97. The van der Waals surface area contributed by atoms with Gasteiger partial charge in [0.1, 0.15) is 5.70 Å². The summed E-state index contributed by atoms with van der Waals surface area (Å²) >= 11 is 0. The molecular weight excluding hydrogens is 322 g/mol. The molecule has 7 heteroatoms. The maximum Gasteiger partial charge on any atom is 0.337 e. The van der Waals surface area contributed by atoms with E-state index in [1.54, 1.807) is 12.1 Å². The number of benzene rings is 1. The molecule has 1 aliphatic carbocycles. The molecule has 1 fully saturated rings. The predicted molar refractivity (Wildman–Crippen MR) is 89.3 cm³/mol. The van der Waals surface area contributed by atoms with E-state index in [4.69, 9.17) is 9.84 Å². The number of esters is 1. The fourth-order valence-electron chi connectivity index (χ4n) is 2.96. The Kier molecular flexibility index (Phi) is 4.47. The molecule has 1 heterocycles. The molecule has 1 saturated carbocycles. The molecule has 1 aromatic carbocycles. The highest BCUT2D eigenvalue weighted by Gasteiger charge is 2.44. The Morgan fingerprint density at radius 3 is 2.60 bits per heavy atom. The van der Waals surface area contributed by atoms with E-state index in [1.165, 1.54) is 12.0 Å². The molecule has 1 amide bonds. The summed E-state index contributed by atoms with van der Waals surface area (Å²) in [7, 11) is 1.26. The number of nitrogens with one attached hydrogen (secondary N) is 1. The fraction of sp³-hybridized carbons (Fsp3) is 0.389. The van der Waals surface area contributed by atoms with Gasteiger partial charge in [-0.3, -0.25) is 4.79 Å². The number of nitrogens with zero attached hydrogens (tertiary/aromatic N) is 2. The zero-order valence-corrected chi connectivity index (χ0v) is 13.9. The maximum absolute atomic E-state index is 12.5. The number of amides is 1. The Bertz CT molecular complexity index is 773. The van der Waals surface area contributed by atoms with Crippen LogP contribution in [0, 0.1) is 11.3 Å². The van der Waals surface area contributed by atoms with Crippen molar-refractivity contribution in [1.82, 2.24) is 4.90 Å². The van der Waals surface area contributed by atoms with Crippen molar-refractivity contribution in [3.63, 3.8) is 0 Å². The van der Waals surface area contributed by atoms with Crippen LogP contribution >= 0.6 is 0 Å². The van der Waals surface area contributed by atoms with Crippen LogP contribution in [0.2, 0.25) is 0 Å². The first-order chi connectivity index (χ1) is 12.0. The highest BCUT2D eigenvalue weighted by Crippen LogP contribution is 2.47. The molecule has 130 valence electrons. The molecule has 0 unspecified atom stereocenters. The lowest BCUT2D eigenvalue weighted by molar-refractivity contribution is -0.136. The van der Waals surface area contributed by atoms with Gasteiger partial charge in [-0.2, -0.15) is 5.26 Å². The van der Waals surface area contributed by atoms with E-state index in [0.29, 0.717) is 5.69 Å². The second kappa shape index (κ2) is 6.57. The largest absolute Gasteiger partial charge is 0.466 e. The summed E-state index contributed by atoms with van der Waals surface area (Å²) in [4.78, 5) is 25.8. The fourth-order valence-corrected chi connectivity index (χ4v) is 2.96. The van der Waals surface area contributed by atoms with Gasteiger partial charge in [0.25, 0.3) is 5.91 Å². The summed E-state index contributed by atoms with van der Waals surface area (Å²) in [6.07, 6.45) is 1.73. The molecule has 0 bridgehead atoms. The Morgan fingerprint density at radius 2 is 2.08 bits per heavy atom. The molecule has 0 spiro atoms. The van der Waals surface area contributed by atoms with Crippen LogP contribution in [0.1, 0.15) is 18.4 Å². The standard InChI is InChI=1S/C18H19N3O4/c1-25-17(24)14-10-21(8-9-22)16(23)15(14)20-13-4-2-12(3-5-13)18(11-19)6-7-18/h2-5,20,22H,6-10H2,1H3. The Hall–Kier alpha value is -2.85. The Balaban J connectivity index is 1.82. The summed E-state index contributed by atoms with van der Waals surface area (Å²) in [6.45, 7) is 0.0660. The number of β-amino-alcohol motifs (C(OH)–C–C–N with tert-alkyl or cyclic N) is 1. The molecule has 0 aromatic heterocycles. The minimum Gasteiger partial charge on any atom is -0.466 e. The summed E-state index contributed by atoms with van der Waals surface area (Å²) in [6, 6.07) is 9.64. The SMILES string of the molecule is COC(=O)C1=C(Nc2ccc(C3(C#N)CC3)cc2)C(=O)N(CCO)C1. The van der Waals surface area contributed by atoms with Crippen molar-refractivity contribution in [2.24, 2.45) is 0 Å². The van der Waals surface area contributed by atoms with Crippen molar-refractivity contribution in [2.75, 3.05) is 32.1 Å². The quantitative estimate of drug-likeness (QED) is 0.746. The second-order valence-corrected chi connectivity index (χ2v) is 6.19. The van der Waals surface area contributed by atoms with Crippen molar-refractivity contribution >= 4 is 17.6 Å². The number of carbonyl (C=O) groups is 2. The first-order valence-electron chi connectivity index (χ1n) is 8.05. The minimum atomic E-state index is -0.575. The molecule has 25 heavy (non-hydrogen) atoms. The zero-order chi connectivity index (χ0) is 18.0. The van der Waals surface area contributed by atoms with Crippen LogP contribution < -0.4 is 5.32 Å². The van der Waals surface area contributed by atoms with Crippen LogP contribution in [0.25, 0.3) is 0 Å². The molecule has 1 aromatic rings. The average molecular weight is 341 g/mol. The molecule has 2 aliphatic rings. The third kappa shape index (κ3) is 3.08. The van der Waals surface area contributed by atoms with Gasteiger partial charge in [-0.25, -0.2) is 4.79 Å². The lowest BCUT2D eigenvalue weighted by Gasteiger charge is -2.15. The van der Waals surface area contributed by atoms with Crippen molar-refractivity contribution in [2.45, 2.75) is 18.3 Å². The van der Waals surface area contributed by atoms with Gasteiger partial charge < -0.3 is 20.1 Å². The molecule has 7 nitrogen and oxygen atoms in total. The van der Waals surface area contributed by atoms with Gasteiger partial charge in [0.15, 0.2) is 0 Å². The summed E-state index contributed by atoms with van der Waals surface area (Å²) < 4.78 is 4.75. The minimum absolute atomic E-state index is 0.101. The number of hydrogen-bond donors (Lipinski definition) is 2. The number of anilines is 1. The van der Waals surface area contributed by atoms with E-state index in [2.05, 4.69) is 11.4 Å². The van der Waals surface area contributed by atoms with Crippen molar-refractivity contribution in [3.8, 4) is 6.07 Å². The highest BCUT2D eigenvalue weighted by atomic mass is 16.5. The molecule has 0 saturated heterocycles. The van der Waals surface area contributed by atoms with E-state index in [0.717, 1.165) is 18.4 Å². The van der Waals surface area contributed by atoms with E-state index in [-0.39, 0.29) is 42.3 Å². The number of hydrogen-bond acceptors (Lipinski definition) is 6. The molecule has 0 radical (unpaired) electrons. The van der Waals surface area contributed by atoms with Crippen molar-refractivity contribution < 1.29 is 19.4 Å². The van der Waals surface area contributed by atoms with E-state index in [1.807, 2.05) is 12.1 Å². The zero-order valence-electron chi connectivity index (χ0n) is 13.9. The number of aliphatic hydroxyl groups is 1. The molecule has 3 rings (SSSR count). The first-order valence-corrected chi connectivity index (χ1v) is 8.05. The molecule has 2 N–H and O–H groups in total. The predicted octanol–water partition coefficient (Wildman–Crippen LogP) is 0.915. The van der Waals surface area contributed by atoms with E-state index < -0.39 is 5.97 Å². The number of ether oxygens (including phenoxy) is 1. The van der Waals surface area contributed by atoms with E-state index in [9.17, 15) is 14.9 Å². The lowest BCUT2D eigenvalue weighted by Crippen LogP contribution is -2.31. The summed E-state index contributed by atoms with van der Waals surface area (Å²) in [5, 5.41) is 21.3. The number of aliphatic hydroxyl groups excluding tert-OH is 1. The van der Waals surface area contributed by atoms with Gasteiger partial charge >= 0.3 is 5.97 Å². The van der Waals surface area contributed by atoms with Crippen molar-refractivity contribution in [1.29, 1.82) is 5.26 Å². The van der Waals surface area contributed by atoms with Gasteiger partial charge in [-0.05, 0) is 30.5 Å². The maximum atomic E-state index is 12.5.